The maximum atomic E-state index is 5.73. The first-order valence-electron chi connectivity index (χ1n) is 10.2. The Labute approximate surface area is 169 Å². The van der Waals surface area contributed by atoms with Gasteiger partial charge in [-0.05, 0) is 63.6 Å². The predicted octanol–water partition coefficient (Wildman–Crippen LogP) is 7.38. The lowest BCUT2D eigenvalue weighted by molar-refractivity contribution is 0.332. The first-order chi connectivity index (χ1) is 13.3. The number of methoxy groups -OCH3 is 1. The first-order valence-corrected chi connectivity index (χ1v) is 10.2. The van der Waals surface area contributed by atoms with Gasteiger partial charge in [0, 0.05) is 5.56 Å². The van der Waals surface area contributed by atoms with Gasteiger partial charge in [0.05, 0.1) is 7.11 Å². The van der Waals surface area contributed by atoms with Gasteiger partial charge in [-0.2, -0.15) is 0 Å². The molecule has 3 aromatic carbocycles. The van der Waals surface area contributed by atoms with E-state index in [4.69, 9.17) is 4.74 Å². The third-order valence-electron chi connectivity index (χ3n) is 6.47. The summed E-state index contributed by atoms with van der Waals surface area (Å²) in [5, 5.41) is 0. The minimum atomic E-state index is 0.200. The molecule has 0 fully saturated rings. The molecule has 0 atom stereocenters. The lowest BCUT2D eigenvalue weighted by Crippen LogP contribution is -2.33. The number of hydrogen-bond acceptors (Lipinski definition) is 1. The van der Waals surface area contributed by atoms with Crippen molar-refractivity contribution in [3.8, 4) is 28.0 Å². The molecule has 1 aliphatic rings. The summed E-state index contributed by atoms with van der Waals surface area (Å²) in [6, 6.07) is 24.1. The fourth-order valence-electron chi connectivity index (χ4n) is 4.50. The molecule has 0 saturated carbocycles. The van der Waals surface area contributed by atoms with Gasteiger partial charge in [-0.1, -0.05) is 82.3 Å². The molecule has 1 nitrogen and oxygen atoms in total. The van der Waals surface area contributed by atoms with Crippen LogP contribution in [-0.4, -0.2) is 7.11 Å². The monoisotopic (exact) mass is 370 g/mol. The topological polar surface area (TPSA) is 9.23 Å². The van der Waals surface area contributed by atoms with Crippen molar-refractivity contribution < 1.29 is 4.74 Å². The lowest BCUT2D eigenvalue weighted by atomic mass is 9.63. The van der Waals surface area contributed by atoms with E-state index in [1.54, 1.807) is 7.11 Å². The van der Waals surface area contributed by atoms with Gasteiger partial charge in [-0.15, -0.1) is 0 Å². The number of rotatable bonds is 3. The van der Waals surface area contributed by atoms with Gasteiger partial charge in [-0.3, -0.25) is 0 Å². The van der Waals surface area contributed by atoms with Crippen LogP contribution in [0.2, 0.25) is 0 Å². The average molecular weight is 371 g/mol. The molecule has 28 heavy (non-hydrogen) atoms. The molecule has 0 aromatic heterocycles. The summed E-state index contributed by atoms with van der Waals surface area (Å²) in [6.45, 7) is 9.50. The van der Waals surface area contributed by atoms with Gasteiger partial charge in [0.2, 0.25) is 0 Å². The normalized spacial score (nSPS) is 17.0. The van der Waals surface area contributed by atoms with Crippen LogP contribution in [0.3, 0.4) is 0 Å². The Morgan fingerprint density at radius 2 is 1.29 bits per heavy atom. The van der Waals surface area contributed by atoms with Crippen molar-refractivity contribution in [2.45, 2.75) is 51.4 Å². The quantitative estimate of drug-likeness (QED) is 0.467. The number of benzene rings is 3. The smallest absolute Gasteiger partial charge is 0.126 e. The third kappa shape index (κ3) is 3.24. The summed E-state index contributed by atoms with van der Waals surface area (Å²) in [7, 11) is 1.76. The second-order valence-electron chi connectivity index (χ2n) is 9.31. The molecule has 144 valence electrons. The van der Waals surface area contributed by atoms with E-state index >= 15 is 0 Å². The predicted molar refractivity (Wildman–Crippen MR) is 119 cm³/mol. The molecule has 0 saturated heterocycles. The molecule has 4 rings (SSSR count). The maximum absolute atomic E-state index is 5.73. The number of ether oxygens (including phenoxy) is 1. The van der Waals surface area contributed by atoms with E-state index in [2.05, 4.69) is 94.4 Å². The van der Waals surface area contributed by atoms with E-state index in [-0.39, 0.29) is 10.8 Å². The van der Waals surface area contributed by atoms with E-state index in [1.165, 1.54) is 40.7 Å². The maximum Gasteiger partial charge on any atom is 0.126 e. The molecule has 0 unspecified atom stereocenters. The van der Waals surface area contributed by atoms with E-state index in [9.17, 15) is 0 Å². The van der Waals surface area contributed by atoms with Crippen molar-refractivity contribution in [3.05, 3.63) is 77.9 Å². The van der Waals surface area contributed by atoms with Crippen LogP contribution in [0.5, 0.6) is 5.75 Å². The Balaban J connectivity index is 1.88. The largest absolute Gasteiger partial charge is 0.496 e. The van der Waals surface area contributed by atoms with Crippen LogP contribution in [-0.2, 0) is 10.8 Å². The summed E-state index contributed by atoms with van der Waals surface area (Å²) < 4.78 is 5.73. The number of hydrogen-bond donors (Lipinski definition) is 0. The second kappa shape index (κ2) is 6.81. The summed E-state index contributed by atoms with van der Waals surface area (Å²) in [4.78, 5) is 0. The van der Waals surface area contributed by atoms with Crippen molar-refractivity contribution >= 4 is 0 Å². The van der Waals surface area contributed by atoms with Crippen molar-refractivity contribution in [1.82, 2.24) is 0 Å². The minimum Gasteiger partial charge on any atom is -0.496 e. The summed E-state index contributed by atoms with van der Waals surface area (Å²) >= 11 is 0. The molecule has 0 bridgehead atoms. The highest BCUT2D eigenvalue weighted by atomic mass is 16.5. The van der Waals surface area contributed by atoms with E-state index in [0.717, 1.165) is 11.3 Å². The van der Waals surface area contributed by atoms with Gasteiger partial charge in [-0.25, -0.2) is 0 Å². The van der Waals surface area contributed by atoms with Crippen molar-refractivity contribution in [3.63, 3.8) is 0 Å². The van der Waals surface area contributed by atoms with Crippen molar-refractivity contribution in [2.24, 2.45) is 0 Å². The van der Waals surface area contributed by atoms with E-state index < -0.39 is 0 Å². The van der Waals surface area contributed by atoms with Gasteiger partial charge < -0.3 is 4.74 Å². The van der Waals surface area contributed by atoms with Gasteiger partial charge >= 0.3 is 0 Å². The summed E-state index contributed by atoms with van der Waals surface area (Å²) in [5.41, 5.74) is 8.24. The highest BCUT2D eigenvalue weighted by molar-refractivity contribution is 5.78. The average Bonchev–Trinajstić information content (AvgIpc) is 2.71. The summed E-state index contributed by atoms with van der Waals surface area (Å²) in [6.07, 6.45) is 2.46. The van der Waals surface area contributed by atoms with Crippen LogP contribution in [0.25, 0.3) is 22.3 Å². The van der Waals surface area contributed by atoms with Gasteiger partial charge in [0.25, 0.3) is 0 Å². The molecular formula is C27H30O. The van der Waals surface area contributed by atoms with Crippen LogP contribution >= 0.6 is 0 Å². The fraction of sp³-hybridized carbons (Fsp3) is 0.333. The Morgan fingerprint density at radius 3 is 1.96 bits per heavy atom. The molecule has 0 radical (unpaired) electrons. The summed E-state index contributed by atoms with van der Waals surface area (Å²) in [5.74, 6) is 0.924. The Hall–Kier alpha value is -2.54. The lowest BCUT2D eigenvalue weighted by Gasteiger charge is -2.42. The van der Waals surface area contributed by atoms with Crippen molar-refractivity contribution in [2.75, 3.05) is 7.11 Å². The third-order valence-corrected chi connectivity index (χ3v) is 6.47. The standard InChI is InChI=1S/C27H30O/c1-26(2)15-16-27(3,4)24-18-21(11-13-23(24)26)22-17-20(12-14-25(22)28-5)19-9-7-6-8-10-19/h6-14,17-18H,15-16H2,1-5H3. The molecular weight excluding hydrogens is 340 g/mol. The van der Waals surface area contributed by atoms with Crippen LogP contribution < -0.4 is 4.74 Å². The molecule has 0 N–H and O–H groups in total. The molecule has 3 aromatic rings. The zero-order valence-electron chi connectivity index (χ0n) is 17.7. The van der Waals surface area contributed by atoms with Gasteiger partial charge in [0.15, 0.2) is 0 Å². The van der Waals surface area contributed by atoms with E-state index in [0.29, 0.717) is 0 Å². The Bertz CT molecular complexity index is 996. The zero-order chi connectivity index (χ0) is 19.9. The highest BCUT2D eigenvalue weighted by Gasteiger charge is 2.37. The second-order valence-corrected chi connectivity index (χ2v) is 9.31. The Kier molecular flexibility index (Phi) is 4.57. The van der Waals surface area contributed by atoms with Crippen LogP contribution in [0.1, 0.15) is 51.7 Å². The minimum absolute atomic E-state index is 0.200. The zero-order valence-corrected chi connectivity index (χ0v) is 17.7. The van der Waals surface area contributed by atoms with Crippen LogP contribution in [0, 0.1) is 0 Å². The molecule has 0 amide bonds. The molecule has 0 heterocycles. The van der Waals surface area contributed by atoms with Crippen LogP contribution in [0.4, 0.5) is 0 Å². The molecule has 1 aliphatic carbocycles. The SMILES string of the molecule is COc1ccc(-c2ccccc2)cc1-c1ccc2c(c1)C(C)(C)CCC2(C)C. The molecule has 0 aliphatic heterocycles. The van der Waals surface area contributed by atoms with Gasteiger partial charge in [0.1, 0.15) is 5.75 Å². The molecule has 1 heteroatoms. The molecule has 0 spiro atoms. The van der Waals surface area contributed by atoms with Crippen LogP contribution in [0.15, 0.2) is 66.7 Å². The highest BCUT2D eigenvalue weighted by Crippen LogP contribution is 2.47. The van der Waals surface area contributed by atoms with Crippen molar-refractivity contribution in [1.29, 1.82) is 0 Å². The van der Waals surface area contributed by atoms with E-state index in [1.807, 2.05) is 0 Å². The Morgan fingerprint density at radius 1 is 0.643 bits per heavy atom. The number of fused-ring (bicyclic) bond motifs is 1. The first kappa shape index (κ1) is 18.8. The fourth-order valence-corrected chi connectivity index (χ4v) is 4.50.